The van der Waals surface area contributed by atoms with Gasteiger partial charge in [0.15, 0.2) is 0 Å². The summed E-state index contributed by atoms with van der Waals surface area (Å²) in [7, 11) is 0. The summed E-state index contributed by atoms with van der Waals surface area (Å²) in [5, 5.41) is 12.7. The Bertz CT molecular complexity index is 786. The van der Waals surface area contributed by atoms with E-state index in [1.54, 1.807) is 24.3 Å². The molecule has 1 aromatic carbocycles. The summed E-state index contributed by atoms with van der Waals surface area (Å²) >= 11 is 0. The van der Waals surface area contributed by atoms with Gasteiger partial charge in [-0.3, -0.25) is 9.63 Å². The van der Waals surface area contributed by atoms with Gasteiger partial charge in [-0.05, 0) is 55.0 Å². The van der Waals surface area contributed by atoms with Crippen LogP contribution < -0.4 is 5.32 Å². The third kappa shape index (κ3) is 4.05. The van der Waals surface area contributed by atoms with E-state index in [1.807, 2.05) is 13.8 Å². The number of aliphatic hydroxyl groups excluding tert-OH is 1. The summed E-state index contributed by atoms with van der Waals surface area (Å²) < 4.78 is 5.47. The highest BCUT2D eigenvalue weighted by Crippen LogP contribution is 2.50. The Morgan fingerprint density at radius 3 is 2.54 bits per heavy atom. The Labute approximate surface area is 165 Å². The van der Waals surface area contributed by atoms with Crippen LogP contribution in [0.15, 0.2) is 35.9 Å². The number of hydrogen-bond acceptors (Lipinski definition) is 5. The number of hydrogen-bond donors (Lipinski definition) is 2. The van der Waals surface area contributed by atoms with Crippen LogP contribution >= 0.6 is 0 Å². The first-order chi connectivity index (χ1) is 13.1. The predicted molar refractivity (Wildman–Crippen MR) is 103 cm³/mol. The Morgan fingerprint density at radius 1 is 1.29 bits per heavy atom. The van der Waals surface area contributed by atoms with Crippen LogP contribution in [0.2, 0.25) is 0 Å². The van der Waals surface area contributed by atoms with Crippen LogP contribution in [0.3, 0.4) is 0 Å². The number of carbonyl (C=O) groups is 2. The summed E-state index contributed by atoms with van der Waals surface area (Å²) in [6.07, 6.45) is 2.42. The number of benzene rings is 1. The third-order valence-corrected chi connectivity index (χ3v) is 5.21. The van der Waals surface area contributed by atoms with Gasteiger partial charge in [-0.25, -0.2) is 4.79 Å². The van der Waals surface area contributed by atoms with Crippen molar-refractivity contribution in [1.82, 2.24) is 10.4 Å². The van der Waals surface area contributed by atoms with Crippen molar-refractivity contribution in [3.8, 4) is 0 Å². The molecule has 2 atom stereocenters. The molecule has 2 bridgehead atoms. The molecule has 2 aliphatic heterocycles. The Hall–Kier alpha value is -2.38. The SMILES string of the molecule is CC1=C[C@@]2(C)CC(C)(C)[C@@H]1N(C(=O)OCc1ccc(C(=O)NCCO)cc1)O2. The van der Waals surface area contributed by atoms with E-state index in [9.17, 15) is 9.59 Å². The number of nitrogens with zero attached hydrogens (tertiary/aromatic N) is 1. The van der Waals surface area contributed by atoms with Crippen LogP contribution in [0.4, 0.5) is 4.79 Å². The molecule has 3 aliphatic rings. The first kappa shape index (κ1) is 20.4. The van der Waals surface area contributed by atoms with Crippen molar-refractivity contribution in [1.29, 1.82) is 0 Å². The second-order valence-corrected chi connectivity index (χ2v) is 8.42. The molecule has 1 fully saturated rings. The predicted octanol–water partition coefficient (Wildman–Crippen LogP) is 2.80. The van der Waals surface area contributed by atoms with E-state index >= 15 is 0 Å². The Morgan fingerprint density at radius 2 is 1.96 bits per heavy atom. The lowest BCUT2D eigenvalue weighted by atomic mass is 9.67. The third-order valence-electron chi connectivity index (χ3n) is 5.21. The maximum Gasteiger partial charge on any atom is 0.434 e. The number of amides is 2. The fourth-order valence-corrected chi connectivity index (χ4v) is 4.44. The molecule has 2 N–H and O–H groups in total. The number of carbonyl (C=O) groups excluding carboxylic acids is 2. The number of hydroxylamine groups is 2. The number of rotatable bonds is 5. The lowest BCUT2D eigenvalue weighted by molar-refractivity contribution is -0.282. The van der Waals surface area contributed by atoms with Gasteiger partial charge in [0.25, 0.3) is 5.91 Å². The molecule has 2 heterocycles. The van der Waals surface area contributed by atoms with E-state index in [2.05, 4.69) is 25.2 Å². The van der Waals surface area contributed by atoms with Crippen LogP contribution in [0, 0.1) is 5.41 Å². The summed E-state index contributed by atoms with van der Waals surface area (Å²) in [5.74, 6) is -0.256. The van der Waals surface area contributed by atoms with Crippen LogP contribution in [0.5, 0.6) is 0 Å². The maximum absolute atomic E-state index is 12.7. The summed E-state index contributed by atoms with van der Waals surface area (Å²) in [6.45, 7) is 8.46. The quantitative estimate of drug-likeness (QED) is 0.758. The van der Waals surface area contributed by atoms with Crippen molar-refractivity contribution in [3.63, 3.8) is 0 Å². The average molecular weight is 388 g/mol. The maximum atomic E-state index is 12.7. The largest absolute Gasteiger partial charge is 0.443 e. The molecule has 4 rings (SSSR count). The Kier molecular flexibility index (Phi) is 5.50. The fourth-order valence-electron chi connectivity index (χ4n) is 4.44. The van der Waals surface area contributed by atoms with E-state index in [0.717, 1.165) is 17.6 Å². The van der Waals surface area contributed by atoms with Gasteiger partial charge in [-0.1, -0.05) is 26.0 Å². The minimum atomic E-state index is -0.513. The van der Waals surface area contributed by atoms with E-state index < -0.39 is 11.7 Å². The van der Waals surface area contributed by atoms with Crippen molar-refractivity contribution in [2.24, 2.45) is 5.41 Å². The minimum Gasteiger partial charge on any atom is -0.443 e. The monoisotopic (exact) mass is 388 g/mol. The highest BCUT2D eigenvalue weighted by Gasteiger charge is 2.54. The van der Waals surface area contributed by atoms with Crippen LogP contribution in [0.25, 0.3) is 0 Å². The number of aliphatic hydroxyl groups is 1. The van der Waals surface area contributed by atoms with Gasteiger partial charge < -0.3 is 15.2 Å². The van der Waals surface area contributed by atoms with Gasteiger partial charge in [0.1, 0.15) is 12.2 Å². The van der Waals surface area contributed by atoms with Gasteiger partial charge in [0, 0.05) is 12.1 Å². The molecule has 0 spiro atoms. The molecule has 0 aromatic heterocycles. The summed E-state index contributed by atoms with van der Waals surface area (Å²) in [6, 6.07) is 6.64. The van der Waals surface area contributed by atoms with E-state index in [4.69, 9.17) is 14.7 Å². The molecular weight excluding hydrogens is 360 g/mol. The summed E-state index contributed by atoms with van der Waals surface area (Å²) in [5.41, 5.74) is 1.75. The first-order valence-electron chi connectivity index (χ1n) is 9.48. The van der Waals surface area contributed by atoms with Crippen molar-refractivity contribution in [2.45, 2.75) is 52.4 Å². The van der Waals surface area contributed by atoms with Crippen molar-refractivity contribution in [3.05, 3.63) is 47.0 Å². The Balaban J connectivity index is 1.62. The van der Waals surface area contributed by atoms with Gasteiger partial charge in [-0.2, -0.15) is 5.06 Å². The van der Waals surface area contributed by atoms with Crippen LogP contribution in [-0.2, 0) is 16.2 Å². The fraction of sp³-hybridized carbons (Fsp3) is 0.524. The molecule has 28 heavy (non-hydrogen) atoms. The molecule has 2 amide bonds. The van der Waals surface area contributed by atoms with Crippen molar-refractivity contribution < 1.29 is 24.3 Å². The smallest absolute Gasteiger partial charge is 0.434 e. The van der Waals surface area contributed by atoms with Crippen LogP contribution in [-0.4, -0.2) is 47.0 Å². The number of nitrogens with one attached hydrogen (secondary N) is 1. The second-order valence-electron chi connectivity index (χ2n) is 8.42. The van der Waals surface area contributed by atoms with E-state index in [0.29, 0.717) is 5.56 Å². The molecule has 1 aliphatic carbocycles. The van der Waals surface area contributed by atoms with Gasteiger partial charge >= 0.3 is 6.09 Å². The molecule has 0 unspecified atom stereocenters. The van der Waals surface area contributed by atoms with E-state index in [-0.39, 0.29) is 37.1 Å². The van der Waals surface area contributed by atoms with Gasteiger partial charge in [0.2, 0.25) is 0 Å². The van der Waals surface area contributed by atoms with Gasteiger partial charge in [-0.15, -0.1) is 0 Å². The molecular formula is C21H28N2O5. The molecule has 152 valence electrons. The molecule has 1 aromatic rings. The second kappa shape index (κ2) is 7.56. The van der Waals surface area contributed by atoms with Crippen molar-refractivity contribution in [2.75, 3.05) is 13.2 Å². The number of ether oxygens (including phenoxy) is 1. The van der Waals surface area contributed by atoms with E-state index in [1.165, 1.54) is 5.06 Å². The average Bonchev–Trinajstić information content (AvgIpc) is 2.62. The standard InChI is InChI=1S/C21H28N2O5/c1-14-11-21(4)13-20(2,3)17(14)23(28-21)19(26)27-12-15-5-7-16(8-6-15)18(25)22-9-10-24/h5-8,11,17,24H,9-10,12-13H2,1-4H3,(H,22,25)/t17-,21+/m1/s1. The molecule has 0 radical (unpaired) electrons. The van der Waals surface area contributed by atoms with Crippen LogP contribution in [0.1, 0.15) is 50.0 Å². The zero-order chi connectivity index (χ0) is 20.5. The molecule has 0 saturated carbocycles. The van der Waals surface area contributed by atoms with Crippen molar-refractivity contribution >= 4 is 12.0 Å². The molecule has 7 nitrogen and oxygen atoms in total. The molecule has 1 saturated heterocycles. The lowest BCUT2D eigenvalue weighted by Crippen LogP contribution is -2.62. The summed E-state index contributed by atoms with van der Waals surface area (Å²) in [4.78, 5) is 30.5. The normalized spacial score (nSPS) is 25.2. The number of fused-ring (bicyclic) bond motifs is 2. The highest BCUT2D eigenvalue weighted by atomic mass is 16.7. The lowest BCUT2D eigenvalue weighted by Gasteiger charge is -2.55. The zero-order valence-electron chi connectivity index (χ0n) is 16.8. The topological polar surface area (TPSA) is 88.1 Å². The minimum absolute atomic E-state index is 0.0872. The highest BCUT2D eigenvalue weighted by molar-refractivity contribution is 5.94. The molecule has 7 heteroatoms. The van der Waals surface area contributed by atoms with Gasteiger partial charge in [0.05, 0.1) is 12.6 Å². The zero-order valence-corrected chi connectivity index (χ0v) is 16.8. The first-order valence-corrected chi connectivity index (χ1v) is 9.48.